The van der Waals surface area contributed by atoms with Crippen LogP contribution in [-0.2, 0) is 6.42 Å². The van der Waals surface area contributed by atoms with E-state index in [0.717, 1.165) is 30.5 Å². The average Bonchev–Trinajstić information content (AvgIpc) is 2.79. The van der Waals surface area contributed by atoms with Gasteiger partial charge in [0.1, 0.15) is 0 Å². The van der Waals surface area contributed by atoms with E-state index in [1.807, 2.05) is 0 Å². The molecule has 1 saturated heterocycles. The van der Waals surface area contributed by atoms with Crippen molar-refractivity contribution in [2.24, 2.45) is 0 Å². The molecule has 1 fully saturated rings. The first kappa shape index (κ1) is 10.3. The van der Waals surface area contributed by atoms with Gasteiger partial charge in [-0.05, 0) is 43.0 Å². The highest BCUT2D eigenvalue weighted by molar-refractivity contribution is 5.95. The van der Waals surface area contributed by atoms with E-state index in [0.29, 0.717) is 12.0 Å². The third-order valence-electron chi connectivity index (χ3n) is 4.52. The second kappa shape index (κ2) is 3.69. The van der Waals surface area contributed by atoms with Gasteiger partial charge in [-0.15, -0.1) is 0 Å². The van der Waals surface area contributed by atoms with E-state index in [9.17, 15) is 4.79 Å². The maximum atomic E-state index is 11.2. The lowest BCUT2D eigenvalue weighted by atomic mass is 9.75. The highest BCUT2D eigenvalue weighted by atomic mass is 16.1. The van der Waals surface area contributed by atoms with Gasteiger partial charge in [0.2, 0.25) is 0 Å². The Morgan fingerprint density at radius 3 is 3.17 bits per heavy atom. The normalized spacial score (nSPS) is 26.0. The molecular weight excluding hydrogens is 224 g/mol. The molecule has 0 radical (unpaired) electrons. The fraction of sp³-hybridized carbons (Fsp3) is 0.400. The fourth-order valence-corrected chi connectivity index (χ4v) is 3.75. The van der Waals surface area contributed by atoms with Crippen molar-refractivity contribution in [2.75, 3.05) is 6.54 Å². The molecular formula is C15H16N2O. The minimum Gasteiger partial charge on any atom is -0.352 e. The van der Waals surface area contributed by atoms with Gasteiger partial charge in [0.25, 0.3) is 0 Å². The van der Waals surface area contributed by atoms with Crippen molar-refractivity contribution < 1.29 is 4.79 Å². The van der Waals surface area contributed by atoms with Crippen LogP contribution in [0.1, 0.15) is 40.4 Å². The monoisotopic (exact) mass is 240 g/mol. The predicted octanol–water partition coefficient (Wildman–Crippen LogP) is 2.37. The van der Waals surface area contributed by atoms with Gasteiger partial charge in [0.05, 0.1) is 5.69 Å². The number of hydrogen-bond donors (Lipinski definition) is 2. The number of aldehydes is 1. The zero-order valence-corrected chi connectivity index (χ0v) is 10.2. The van der Waals surface area contributed by atoms with E-state index < -0.39 is 0 Å². The van der Waals surface area contributed by atoms with Crippen LogP contribution in [0.2, 0.25) is 0 Å². The van der Waals surface area contributed by atoms with E-state index in [4.69, 9.17) is 0 Å². The van der Waals surface area contributed by atoms with E-state index in [-0.39, 0.29) is 0 Å². The maximum Gasteiger partial charge on any atom is 0.166 e. The standard InChI is InChI=1S/C15H16N2O/c18-8-14-11-7-13-9(4-2-6-16-13)10-3-1-5-12(17-14)15(10)11/h1,3,5,8-9,13,16-17H,2,4,6-7H2/t9-,13-/m1/s1. The van der Waals surface area contributed by atoms with E-state index in [2.05, 4.69) is 28.5 Å². The molecule has 2 N–H and O–H groups in total. The Morgan fingerprint density at radius 1 is 1.33 bits per heavy atom. The Balaban J connectivity index is 2.01. The van der Waals surface area contributed by atoms with Crippen LogP contribution in [0.4, 0.5) is 0 Å². The SMILES string of the molecule is O=Cc1[nH]c2cccc3c2c1C[C@H]1NCCC[C@H]31. The van der Waals surface area contributed by atoms with Crippen molar-refractivity contribution >= 4 is 17.2 Å². The zero-order chi connectivity index (χ0) is 12.1. The molecule has 0 spiro atoms. The van der Waals surface area contributed by atoms with Gasteiger partial charge in [-0.25, -0.2) is 0 Å². The molecule has 92 valence electrons. The highest BCUT2D eigenvalue weighted by Crippen LogP contribution is 2.41. The molecule has 0 unspecified atom stereocenters. The molecule has 2 aromatic rings. The Morgan fingerprint density at radius 2 is 2.28 bits per heavy atom. The predicted molar refractivity (Wildman–Crippen MR) is 71.2 cm³/mol. The molecule has 2 atom stereocenters. The number of nitrogens with one attached hydrogen (secondary N) is 2. The summed E-state index contributed by atoms with van der Waals surface area (Å²) in [4.78, 5) is 14.5. The highest BCUT2D eigenvalue weighted by Gasteiger charge is 2.34. The second-order valence-corrected chi connectivity index (χ2v) is 5.42. The summed E-state index contributed by atoms with van der Waals surface area (Å²) in [5.41, 5.74) is 4.53. The molecule has 4 rings (SSSR count). The number of aromatic amines is 1. The molecule has 1 aliphatic carbocycles. The van der Waals surface area contributed by atoms with Crippen LogP contribution in [0.25, 0.3) is 10.9 Å². The summed E-state index contributed by atoms with van der Waals surface area (Å²) in [5, 5.41) is 4.93. The van der Waals surface area contributed by atoms with Crippen LogP contribution in [0, 0.1) is 0 Å². The summed E-state index contributed by atoms with van der Waals surface area (Å²) in [6.45, 7) is 1.10. The number of H-pyrrole nitrogens is 1. The first-order valence-corrected chi connectivity index (χ1v) is 6.70. The molecule has 1 aliphatic heterocycles. The van der Waals surface area contributed by atoms with E-state index in [1.54, 1.807) is 0 Å². The topological polar surface area (TPSA) is 44.9 Å². The summed E-state index contributed by atoms with van der Waals surface area (Å²) in [6, 6.07) is 6.92. The summed E-state index contributed by atoms with van der Waals surface area (Å²) in [5.74, 6) is 0.616. The lowest BCUT2D eigenvalue weighted by Gasteiger charge is -2.36. The van der Waals surface area contributed by atoms with Crippen LogP contribution < -0.4 is 5.32 Å². The number of benzene rings is 1. The molecule has 1 aromatic heterocycles. The molecule has 0 saturated carbocycles. The summed E-state index contributed by atoms with van der Waals surface area (Å²) in [6.07, 6.45) is 4.45. The van der Waals surface area contributed by atoms with E-state index >= 15 is 0 Å². The van der Waals surface area contributed by atoms with Gasteiger partial charge in [-0.2, -0.15) is 0 Å². The average molecular weight is 240 g/mol. The van der Waals surface area contributed by atoms with Crippen LogP contribution in [-0.4, -0.2) is 23.9 Å². The quantitative estimate of drug-likeness (QED) is 0.752. The van der Waals surface area contributed by atoms with Crippen LogP contribution in [0.15, 0.2) is 18.2 Å². The molecule has 0 bridgehead atoms. The third kappa shape index (κ3) is 1.25. The smallest absolute Gasteiger partial charge is 0.166 e. The van der Waals surface area contributed by atoms with Crippen LogP contribution in [0.3, 0.4) is 0 Å². The first-order chi connectivity index (χ1) is 8.88. The molecule has 0 amide bonds. The fourth-order valence-electron chi connectivity index (χ4n) is 3.75. The minimum atomic E-state index is 0.506. The number of aromatic nitrogens is 1. The Hall–Kier alpha value is -1.61. The number of carbonyl (C=O) groups excluding carboxylic acids is 1. The number of hydrogen-bond acceptors (Lipinski definition) is 2. The Bertz CT molecular complexity index is 629. The third-order valence-corrected chi connectivity index (χ3v) is 4.52. The molecule has 1 aromatic carbocycles. The van der Waals surface area contributed by atoms with Gasteiger partial charge in [-0.3, -0.25) is 4.79 Å². The number of fused-ring (bicyclic) bond motifs is 2. The molecule has 2 aliphatic rings. The van der Waals surface area contributed by atoms with Crippen molar-refractivity contribution in [1.82, 2.24) is 10.3 Å². The van der Waals surface area contributed by atoms with Gasteiger partial charge in [0.15, 0.2) is 6.29 Å². The van der Waals surface area contributed by atoms with Crippen LogP contribution in [0.5, 0.6) is 0 Å². The molecule has 3 nitrogen and oxygen atoms in total. The number of carbonyl (C=O) groups is 1. The Kier molecular flexibility index (Phi) is 2.12. The summed E-state index contributed by atoms with van der Waals surface area (Å²) < 4.78 is 0. The minimum absolute atomic E-state index is 0.506. The lowest BCUT2D eigenvalue weighted by Crippen LogP contribution is -2.43. The van der Waals surface area contributed by atoms with Gasteiger partial charge in [0, 0.05) is 22.9 Å². The van der Waals surface area contributed by atoms with E-state index in [1.165, 1.54) is 29.4 Å². The van der Waals surface area contributed by atoms with Crippen molar-refractivity contribution in [3.63, 3.8) is 0 Å². The van der Waals surface area contributed by atoms with Crippen molar-refractivity contribution in [2.45, 2.75) is 31.2 Å². The molecule has 18 heavy (non-hydrogen) atoms. The van der Waals surface area contributed by atoms with Crippen molar-refractivity contribution in [3.05, 3.63) is 35.0 Å². The van der Waals surface area contributed by atoms with Gasteiger partial charge >= 0.3 is 0 Å². The van der Waals surface area contributed by atoms with Gasteiger partial charge < -0.3 is 10.3 Å². The maximum absolute atomic E-state index is 11.2. The van der Waals surface area contributed by atoms with Gasteiger partial charge in [-0.1, -0.05) is 12.1 Å². The number of piperidine rings is 1. The zero-order valence-electron chi connectivity index (χ0n) is 10.2. The second-order valence-electron chi connectivity index (χ2n) is 5.42. The largest absolute Gasteiger partial charge is 0.352 e. The first-order valence-electron chi connectivity index (χ1n) is 6.70. The van der Waals surface area contributed by atoms with Crippen molar-refractivity contribution in [1.29, 1.82) is 0 Å². The van der Waals surface area contributed by atoms with Crippen molar-refractivity contribution in [3.8, 4) is 0 Å². The summed E-state index contributed by atoms with van der Waals surface area (Å²) >= 11 is 0. The number of rotatable bonds is 1. The summed E-state index contributed by atoms with van der Waals surface area (Å²) in [7, 11) is 0. The molecule has 3 heteroatoms. The lowest BCUT2D eigenvalue weighted by molar-refractivity contribution is 0.111. The Labute approximate surface area is 106 Å². The van der Waals surface area contributed by atoms with Crippen LogP contribution >= 0.6 is 0 Å². The molecule has 2 heterocycles.